The summed E-state index contributed by atoms with van der Waals surface area (Å²) in [6.07, 6.45) is 6.71. The van der Waals surface area contributed by atoms with Crippen LogP contribution in [0.25, 0.3) is 0 Å². The number of alkyl carbamates (subject to hydrolysis) is 1. The second kappa shape index (κ2) is 11.1. The third kappa shape index (κ3) is 6.31. The summed E-state index contributed by atoms with van der Waals surface area (Å²) in [5.74, 6) is 0.417. The molecule has 0 spiro atoms. The van der Waals surface area contributed by atoms with Crippen LogP contribution in [0.5, 0.6) is 0 Å². The van der Waals surface area contributed by atoms with Gasteiger partial charge in [0.15, 0.2) is 6.10 Å². The molecule has 1 saturated heterocycles. The van der Waals surface area contributed by atoms with E-state index in [0.717, 1.165) is 38.5 Å². The van der Waals surface area contributed by atoms with Crippen molar-refractivity contribution in [3.05, 3.63) is 11.7 Å². The first kappa shape index (κ1) is 23.7. The quantitative estimate of drug-likeness (QED) is 0.556. The molecular weight excluding hydrogens is 428 g/mol. The number of aromatic nitrogens is 2. The van der Waals surface area contributed by atoms with Gasteiger partial charge in [0.05, 0.1) is 19.3 Å². The number of carbonyl (C=O) groups is 3. The first-order chi connectivity index (χ1) is 16.0. The first-order valence-corrected chi connectivity index (χ1v) is 12.3. The number of ketones is 1. The fourth-order valence-corrected chi connectivity index (χ4v) is 4.56. The summed E-state index contributed by atoms with van der Waals surface area (Å²) >= 11 is 0. The largest absolute Gasteiger partial charge is 0.436 e. The van der Waals surface area contributed by atoms with Crippen molar-refractivity contribution in [2.75, 3.05) is 26.3 Å². The molecule has 4 rings (SSSR count). The molecule has 182 valence electrons. The lowest BCUT2D eigenvalue weighted by Crippen LogP contribution is -2.49. The van der Waals surface area contributed by atoms with Crippen LogP contribution < -0.4 is 5.32 Å². The van der Waals surface area contributed by atoms with E-state index in [4.69, 9.17) is 14.0 Å². The zero-order valence-corrected chi connectivity index (χ0v) is 19.3. The van der Waals surface area contributed by atoms with Crippen molar-refractivity contribution < 1.29 is 28.4 Å². The Morgan fingerprint density at radius 2 is 1.85 bits per heavy atom. The van der Waals surface area contributed by atoms with Gasteiger partial charge < -0.3 is 24.2 Å². The Morgan fingerprint density at radius 1 is 1.12 bits per heavy atom. The number of carbonyl (C=O) groups excluding carboxylic acids is 3. The van der Waals surface area contributed by atoms with Crippen molar-refractivity contribution >= 4 is 17.8 Å². The van der Waals surface area contributed by atoms with Gasteiger partial charge in [0.2, 0.25) is 17.5 Å². The van der Waals surface area contributed by atoms with Crippen molar-refractivity contribution in [3.63, 3.8) is 0 Å². The van der Waals surface area contributed by atoms with Crippen LogP contribution in [0.4, 0.5) is 4.79 Å². The lowest BCUT2D eigenvalue weighted by atomic mass is 9.85. The van der Waals surface area contributed by atoms with Gasteiger partial charge in [-0.25, -0.2) is 4.79 Å². The Kier molecular flexibility index (Phi) is 7.95. The van der Waals surface area contributed by atoms with E-state index >= 15 is 0 Å². The minimum Gasteiger partial charge on any atom is -0.436 e. The Labute approximate surface area is 193 Å². The summed E-state index contributed by atoms with van der Waals surface area (Å²) in [6.45, 7) is 3.72. The zero-order chi connectivity index (χ0) is 23.2. The van der Waals surface area contributed by atoms with Crippen LogP contribution in [0.15, 0.2) is 4.52 Å². The van der Waals surface area contributed by atoms with Gasteiger partial charge in [-0.05, 0) is 31.6 Å². The minimum absolute atomic E-state index is 0.0350. The van der Waals surface area contributed by atoms with Crippen LogP contribution in [0, 0.1) is 5.92 Å². The molecular formula is C23H34N4O6. The minimum atomic E-state index is -0.870. The molecule has 1 N–H and O–H groups in total. The molecule has 2 heterocycles. The summed E-state index contributed by atoms with van der Waals surface area (Å²) in [5, 5.41) is 6.40. The van der Waals surface area contributed by atoms with Crippen molar-refractivity contribution in [3.8, 4) is 0 Å². The van der Waals surface area contributed by atoms with E-state index in [1.54, 1.807) is 11.8 Å². The fourth-order valence-electron chi connectivity index (χ4n) is 4.56. The smallest absolute Gasteiger partial charge is 0.408 e. The van der Waals surface area contributed by atoms with Crippen LogP contribution >= 0.6 is 0 Å². The van der Waals surface area contributed by atoms with Gasteiger partial charge in [0.1, 0.15) is 0 Å². The number of hydrogen-bond donors (Lipinski definition) is 1. The van der Waals surface area contributed by atoms with E-state index < -0.39 is 24.0 Å². The highest BCUT2D eigenvalue weighted by molar-refractivity contribution is 5.98. The van der Waals surface area contributed by atoms with Gasteiger partial charge in [-0.3, -0.25) is 9.59 Å². The molecule has 0 bridgehead atoms. The summed E-state index contributed by atoms with van der Waals surface area (Å²) in [6, 6.07) is -0.851. The standard InChI is InChI=1S/C23H34N4O6/c1-2-17(19(28)20-25-21(33-26-20)16-8-9-16)24-23(30)32-18(14-15-6-4-3-5-7-15)22(29)27-10-12-31-13-11-27/h15-18H,2-14H2,1H3,(H,24,30)/t17-,18-/m0/s1. The van der Waals surface area contributed by atoms with E-state index in [1.165, 1.54) is 6.42 Å². The molecule has 1 aromatic heterocycles. The fraction of sp³-hybridized carbons (Fsp3) is 0.783. The Bertz CT molecular complexity index is 827. The first-order valence-electron chi connectivity index (χ1n) is 12.3. The van der Waals surface area contributed by atoms with Gasteiger partial charge in [-0.1, -0.05) is 44.2 Å². The van der Waals surface area contributed by atoms with Crippen LogP contribution in [-0.2, 0) is 14.3 Å². The molecule has 3 aliphatic rings. The predicted molar refractivity (Wildman–Crippen MR) is 117 cm³/mol. The molecule has 10 nitrogen and oxygen atoms in total. The molecule has 3 fully saturated rings. The third-order valence-corrected chi connectivity index (χ3v) is 6.73. The lowest BCUT2D eigenvalue weighted by Gasteiger charge is -2.32. The molecule has 33 heavy (non-hydrogen) atoms. The summed E-state index contributed by atoms with van der Waals surface area (Å²) in [5.41, 5.74) is 0. The van der Waals surface area contributed by atoms with Crippen LogP contribution in [-0.4, -0.2) is 71.3 Å². The number of rotatable bonds is 9. The highest BCUT2D eigenvalue weighted by Gasteiger charge is 2.35. The van der Waals surface area contributed by atoms with Crippen LogP contribution in [0.1, 0.15) is 87.1 Å². The van der Waals surface area contributed by atoms with Crippen LogP contribution in [0.2, 0.25) is 0 Å². The molecule has 2 saturated carbocycles. The average Bonchev–Trinajstić information content (AvgIpc) is 3.58. The Hall–Kier alpha value is -2.49. The molecule has 1 aromatic rings. The van der Waals surface area contributed by atoms with Crippen LogP contribution in [0.3, 0.4) is 0 Å². The second-order valence-corrected chi connectivity index (χ2v) is 9.27. The van der Waals surface area contributed by atoms with Crippen molar-refractivity contribution in [2.45, 2.75) is 82.8 Å². The summed E-state index contributed by atoms with van der Waals surface area (Å²) in [4.78, 5) is 44.6. The van der Waals surface area contributed by atoms with Gasteiger partial charge in [0.25, 0.3) is 5.91 Å². The zero-order valence-electron chi connectivity index (χ0n) is 19.3. The third-order valence-electron chi connectivity index (χ3n) is 6.73. The monoisotopic (exact) mass is 462 g/mol. The maximum Gasteiger partial charge on any atom is 0.408 e. The number of amides is 2. The van der Waals surface area contributed by atoms with E-state index in [0.29, 0.717) is 51.0 Å². The molecule has 2 aliphatic carbocycles. The average molecular weight is 463 g/mol. The molecule has 2 atom stereocenters. The SMILES string of the molecule is CC[C@H](NC(=O)O[C@@H](CC1CCCCC1)C(=O)N1CCOCC1)C(=O)c1noc(C2CC2)n1. The van der Waals surface area contributed by atoms with E-state index in [-0.39, 0.29) is 17.6 Å². The van der Waals surface area contributed by atoms with Crippen molar-refractivity contribution in [1.82, 2.24) is 20.4 Å². The number of ether oxygens (including phenoxy) is 2. The lowest BCUT2D eigenvalue weighted by molar-refractivity contribution is -0.145. The van der Waals surface area contributed by atoms with Gasteiger partial charge in [-0.2, -0.15) is 4.98 Å². The molecule has 0 radical (unpaired) electrons. The highest BCUT2D eigenvalue weighted by atomic mass is 16.6. The topological polar surface area (TPSA) is 124 Å². The predicted octanol–water partition coefficient (Wildman–Crippen LogP) is 2.83. The van der Waals surface area contributed by atoms with Gasteiger partial charge in [-0.15, -0.1) is 0 Å². The molecule has 0 unspecified atom stereocenters. The van der Waals surface area contributed by atoms with E-state index in [1.807, 2.05) is 0 Å². The highest BCUT2D eigenvalue weighted by Crippen LogP contribution is 2.38. The summed E-state index contributed by atoms with van der Waals surface area (Å²) in [7, 11) is 0. The van der Waals surface area contributed by atoms with Crippen molar-refractivity contribution in [1.29, 1.82) is 0 Å². The maximum atomic E-state index is 13.2. The number of morpholine rings is 1. The van der Waals surface area contributed by atoms with E-state index in [9.17, 15) is 14.4 Å². The number of hydrogen-bond acceptors (Lipinski definition) is 8. The van der Waals surface area contributed by atoms with Crippen molar-refractivity contribution in [2.24, 2.45) is 5.92 Å². The van der Waals surface area contributed by atoms with E-state index in [2.05, 4.69) is 15.5 Å². The maximum absolute atomic E-state index is 13.2. The molecule has 2 amide bonds. The molecule has 1 aliphatic heterocycles. The van der Waals surface area contributed by atoms with Gasteiger partial charge >= 0.3 is 6.09 Å². The molecule has 0 aromatic carbocycles. The second-order valence-electron chi connectivity index (χ2n) is 9.27. The number of Topliss-reactive ketones (excluding diaryl/α,β-unsaturated/α-hetero) is 1. The normalized spacial score (nSPS) is 21.3. The number of nitrogens with zero attached hydrogens (tertiary/aromatic N) is 3. The summed E-state index contributed by atoms with van der Waals surface area (Å²) < 4.78 is 16.2. The van der Waals surface area contributed by atoms with Gasteiger partial charge in [0, 0.05) is 19.0 Å². The number of nitrogens with one attached hydrogen (secondary N) is 1. The molecule has 10 heteroatoms. The Morgan fingerprint density at radius 3 is 2.52 bits per heavy atom. The Balaban J connectivity index is 1.38.